The van der Waals surface area contributed by atoms with E-state index in [0.717, 1.165) is 5.69 Å². The van der Waals surface area contributed by atoms with Gasteiger partial charge in [0, 0.05) is 24.5 Å². The van der Waals surface area contributed by atoms with Crippen LogP contribution in [0.2, 0.25) is 0 Å². The van der Waals surface area contributed by atoms with Crippen molar-refractivity contribution < 1.29 is 8.42 Å². The first kappa shape index (κ1) is 17.2. The Morgan fingerprint density at radius 1 is 1.40 bits per heavy atom. The van der Waals surface area contributed by atoms with Crippen LogP contribution in [0.4, 0.5) is 17.5 Å². The lowest BCUT2D eigenvalue weighted by Crippen LogP contribution is -2.36. The van der Waals surface area contributed by atoms with Crippen LogP contribution in [0.3, 0.4) is 0 Å². The fourth-order valence-electron chi connectivity index (χ4n) is 2.99. The first-order valence-corrected chi connectivity index (χ1v) is 9.90. The van der Waals surface area contributed by atoms with Crippen LogP contribution in [0, 0.1) is 11.3 Å². The van der Waals surface area contributed by atoms with Gasteiger partial charge in [0.05, 0.1) is 23.1 Å². The van der Waals surface area contributed by atoms with E-state index in [9.17, 15) is 8.42 Å². The Morgan fingerprint density at radius 2 is 2.24 bits per heavy atom. The molecule has 130 valence electrons. The van der Waals surface area contributed by atoms with E-state index in [4.69, 9.17) is 5.26 Å². The number of hydrogen-bond donors (Lipinski definition) is 1. The molecule has 1 saturated heterocycles. The standard InChI is InChI=1S/C17H19N5O2S/c1-2-22(15-7-9-25(23,24)12-15)16-6-8-19-17(21-16)20-14-5-3-4-13(10-14)11-18/h3-6,8,10,15H,2,7,9,12H2,1H3,(H,19,20,21). The molecule has 0 radical (unpaired) electrons. The Kier molecular flexibility index (Phi) is 4.86. The predicted octanol–water partition coefficient (Wildman–Crippen LogP) is 2.11. The highest BCUT2D eigenvalue weighted by atomic mass is 32.2. The summed E-state index contributed by atoms with van der Waals surface area (Å²) in [5.41, 5.74) is 1.27. The Labute approximate surface area is 147 Å². The average molecular weight is 357 g/mol. The third kappa shape index (κ3) is 4.06. The zero-order valence-electron chi connectivity index (χ0n) is 13.9. The summed E-state index contributed by atoms with van der Waals surface area (Å²) in [6, 6.07) is 10.9. The van der Waals surface area contributed by atoms with Crippen molar-refractivity contribution in [3.8, 4) is 6.07 Å². The molecule has 8 heteroatoms. The average Bonchev–Trinajstić information content (AvgIpc) is 2.96. The van der Waals surface area contributed by atoms with Crippen molar-refractivity contribution >= 4 is 27.3 Å². The smallest absolute Gasteiger partial charge is 0.229 e. The highest BCUT2D eigenvalue weighted by molar-refractivity contribution is 7.91. The summed E-state index contributed by atoms with van der Waals surface area (Å²) in [5, 5.41) is 12.1. The van der Waals surface area contributed by atoms with Gasteiger partial charge in [-0.25, -0.2) is 13.4 Å². The number of hydrogen-bond acceptors (Lipinski definition) is 7. The SMILES string of the molecule is CCN(c1ccnc(Nc2cccc(C#N)c2)n1)C1CCS(=O)(=O)C1. The maximum absolute atomic E-state index is 11.8. The van der Waals surface area contributed by atoms with Gasteiger partial charge in [0.15, 0.2) is 9.84 Å². The summed E-state index contributed by atoms with van der Waals surface area (Å²) >= 11 is 0. The van der Waals surface area contributed by atoms with Crippen LogP contribution in [-0.2, 0) is 9.84 Å². The van der Waals surface area contributed by atoms with Gasteiger partial charge in [-0.15, -0.1) is 0 Å². The number of nitrogens with zero attached hydrogens (tertiary/aromatic N) is 4. The van der Waals surface area contributed by atoms with Crippen molar-refractivity contribution in [2.24, 2.45) is 0 Å². The molecule has 1 aliphatic heterocycles. The molecule has 0 spiro atoms. The summed E-state index contributed by atoms with van der Waals surface area (Å²) in [6.45, 7) is 2.65. The largest absolute Gasteiger partial charge is 0.353 e. The number of benzene rings is 1. The van der Waals surface area contributed by atoms with Gasteiger partial charge in [-0.05, 0) is 37.6 Å². The minimum atomic E-state index is -2.96. The Balaban J connectivity index is 1.81. The lowest BCUT2D eigenvalue weighted by molar-refractivity contribution is 0.599. The molecular formula is C17H19N5O2S. The quantitative estimate of drug-likeness (QED) is 0.875. The number of sulfone groups is 1. The number of rotatable bonds is 5. The van der Waals surface area contributed by atoms with E-state index in [-0.39, 0.29) is 17.5 Å². The normalized spacial score (nSPS) is 18.5. The van der Waals surface area contributed by atoms with Crippen LogP contribution in [0.15, 0.2) is 36.5 Å². The van der Waals surface area contributed by atoms with E-state index in [2.05, 4.69) is 21.4 Å². The van der Waals surface area contributed by atoms with Crippen molar-refractivity contribution in [3.05, 3.63) is 42.1 Å². The second-order valence-corrected chi connectivity index (χ2v) is 8.13. The first-order chi connectivity index (χ1) is 12.0. The van der Waals surface area contributed by atoms with Crippen molar-refractivity contribution in [2.45, 2.75) is 19.4 Å². The fourth-order valence-corrected chi connectivity index (χ4v) is 4.72. The maximum Gasteiger partial charge on any atom is 0.229 e. The first-order valence-electron chi connectivity index (χ1n) is 8.08. The van der Waals surface area contributed by atoms with Crippen molar-refractivity contribution in [1.29, 1.82) is 5.26 Å². The van der Waals surface area contributed by atoms with E-state index in [1.165, 1.54) is 0 Å². The molecule has 1 N–H and O–H groups in total. The molecule has 7 nitrogen and oxygen atoms in total. The molecule has 1 aliphatic rings. The molecule has 1 unspecified atom stereocenters. The van der Waals surface area contributed by atoms with E-state index >= 15 is 0 Å². The minimum Gasteiger partial charge on any atom is -0.353 e. The fraction of sp³-hybridized carbons (Fsp3) is 0.353. The Hall–Kier alpha value is -2.66. The molecule has 3 rings (SSSR count). The van der Waals surface area contributed by atoms with Gasteiger partial charge in [0.1, 0.15) is 5.82 Å². The van der Waals surface area contributed by atoms with Gasteiger partial charge in [-0.2, -0.15) is 10.2 Å². The molecule has 0 bridgehead atoms. The molecule has 0 amide bonds. The zero-order chi connectivity index (χ0) is 17.9. The number of aromatic nitrogens is 2. The minimum absolute atomic E-state index is 0.0559. The molecule has 1 fully saturated rings. The highest BCUT2D eigenvalue weighted by Crippen LogP contribution is 2.24. The number of nitrogens with one attached hydrogen (secondary N) is 1. The summed E-state index contributed by atoms with van der Waals surface area (Å²) in [6.07, 6.45) is 2.26. The summed E-state index contributed by atoms with van der Waals surface area (Å²) in [4.78, 5) is 10.7. The van der Waals surface area contributed by atoms with Crippen molar-refractivity contribution in [3.63, 3.8) is 0 Å². The molecule has 25 heavy (non-hydrogen) atoms. The van der Waals surface area contributed by atoms with Gasteiger partial charge in [0.25, 0.3) is 0 Å². The lowest BCUT2D eigenvalue weighted by Gasteiger charge is -2.28. The molecule has 2 heterocycles. The van der Waals surface area contributed by atoms with Gasteiger partial charge in [-0.3, -0.25) is 0 Å². The highest BCUT2D eigenvalue weighted by Gasteiger charge is 2.32. The molecule has 1 aromatic carbocycles. The van der Waals surface area contributed by atoms with Gasteiger partial charge in [-0.1, -0.05) is 6.07 Å². The van der Waals surface area contributed by atoms with Crippen LogP contribution in [0.5, 0.6) is 0 Å². The summed E-state index contributed by atoms with van der Waals surface area (Å²) < 4.78 is 23.5. The van der Waals surface area contributed by atoms with Crippen LogP contribution < -0.4 is 10.2 Å². The lowest BCUT2D eigenvalue weighted by atomic mass is 10.2. The van der Waals surface area contributed by atoms with Gasteiger partial charge >= 0.3 is 0 Å². The van der Waals surface area contributed by atoms with Crippen LogP contribution >= 0.6 is 0 Å². The summed E-state index contributed by atoms with van der Waals surface area (Å²) in [5.74, 6) is 1.49. The number of anilines is 3. The molecule has 1 atom stereocenters. The third-order valence-electron chi connectivity index (χ3n) is 4.17. The zero-order valence-corrected chi connectivity index (χ0v) is 14.7. The van der Waals surface area contributed by atoms with Crippen LogP contribution in [0.25, 0.3) is 0 Å². The predicted molar refractivity (Wildman–Crippen MR) is 96.6 cm³/mol. The van der Waals surface area contributed by atoms with Crippen molar-refractivity contribution in [2.75, 3.05) is 28.3 Å². The molecular weight excluding hydrogens is 338 g/mol. The monoisotopic (exact) mass is 357 g/mol. The topological polar surface area (TPSA) is 99.0 Å². The van der Waals surface area contributed by atoms with E-state index in [1.807, 2.05) is 17.9 Å². The third-order valence-corrected chi connectivity index (χ3v) is 5.92. The Bertz CT molecular complexity index is 907. The summed E-state index contributed by atoms with van der Waals surface area (Å²) in [7, 11) is -2.96. The molecule has 0 aliphatic carbocycles. The second-order valence-electron chi connectivity index (χ2n) is 5.90. The van der Waals surface area contributed by atoms with Crippen LogP contribution in [-0.4, -0.2) is 42.5 Å². The van der Waals surface area contributed by atoms with Crippen LogP contribution in [0.1, 0.15) is 18.9 Å². The molecule has 0 saturated carbocycles. The molecule has 1 aromatic heterocycles. The molecule has 2 aromatic rings. The maximum atomic E-state index is 11.8. The number of nitriles is 1. The second kappa shape index (κ2) is 7.07. The van der Waals surface area contributed by atoms with Gasteiger partial charge in [0.2, 0.25) is 5.95 Å². The van der Waals surface area contributed by atoms with E-state index < -0.39 is 9.84 Å². The van der Waals surface area contributed by atoms with E-state index in [1.54, 1.807) is 30.5 Å². The Morgan fingerprint density at radius 3 is 2.92 bits per heavy atom. The van der Waals surface area contributed by atoms with Gasteiger partial charge < -0.3 is 10.2 Å². The van der Waals surface area contributed by atoms with E-state index in [0.29, 0.717) is 30.3 Å². The van der Waals surface area contributed by atoms with Crippen molar-refractivity contribution in [1.82, 2.24) is 9.97 Å².